The fraction of sp³-hybridized carbons (Fsp3) is 0.370. The van der Waals surface area contributed by atoms with Crippen LogP contribution >= 0.6 is 0 Å². The van der Waals surface area contributed by atoms with Crippen molar-refractivity contribution in [3.63, 3.8) is 0 Å². The van der Waals surface area contributed by atoms with E-state index in [-0.39, 0.29) is 23.2 Å². The number of hydroxylamine groups is 1. The predicted octanol–water partition coefficient (Wildman–Crippen LogP) is 1.87. The van der Waals surface area contributed by atoms with Crippen LogP contribution in [-0.2, 0) is 31.3 Å². The van der Waals surface area contributed by atoms with Crippen LogP contribution in [0.1, 0.15) is 29.0 Å². The van der Waals surface area contributed by atoms with E-state index in [0.29, 0.717) is 42.3 Å². The van der Waals surface area contributed by atoms with E-state index in [1.807, 2.05) is 0 Å². The summed E-state index contributed by atoms with van der Waals surface area (Å²) < 4.78 is 45.3. The third-order valence-electron chi connectivity index (χ3n) is 6.46. The van der Waals surface area contributed by atoms with Crippen LogP contribution in [-0.4, -0.2) is 80.1 Å². The first-order chi connectivity index (χ1) is 19.1. The first kappa shape index (κ1) is 29.3. The lowest BCUT2D eigenvalue weighted by molar-refractivity contribution is -0.131. The molecule has 1 fully saturated rings. The van der Waals surface area contributed by atoms with Gasteiger partial charge in [0.2, 0.25) is 0 Å². The Labute approximate surface area is 232 Å². The van der Waals surface area contributed by atoms with Crippen LogP contribution in [0.5, 0.6) is 0 Å². The summed E-state index contributed by atoms with van der Waals surface area (Å²) in [6.07, 6.45) is 0. The third kappa shape index (κ3) is 7.72. The van der Waals surface area contributed by atoms with Crippen LogP contribution in [0.15, 0.2) is 59.5 Å². The highest BCUT2D eigenvalue weighted by Gasteiger charge is 2.21. The molecule has 214 valence electrons. The highest BCUT2D eigenvalue weighted by molar-refractivity contribution is 7.92. The normalized spacial score (nSPS) is 15.0. The zero-order chi connectivity index (χ0) is 28.7. The molecule has 0 spiro atoms. The maximum absolute atomic E-state index is 13.2. The van der Waals surface area contributed by atoms with E-state index in [0.717, 1.165) is 13.1 Å². The number of morpholine rings is 1. The van der Waals surface area contributed by atoms with Crippen LogP contribution in [0, 0.1) is 5.82 Å². The molecule has 1 saturated heterocycles. The van der Waals surface area contributed by atoms with Crippen LogP contribution in [0.25, 0.3) is 11.3 Å². The molecular formula is C27H32FN5O6S. The van der Waals surface area contributed by atoms with E-state index in [9.17, 15) is 22.4 Å². The number of nitrogens with zero attached hydrogens (tertiary/aromatic N) is 3. The van der Waals surface area contributed by atoms with E-state index in [1.165, 1.54) is 28.9 Å². The van der Waals surface area contributed by atoms with E-state index in [4.69, 9.17) is 9.57 Å². The number of halogens is 1. The maximum Gasteiger partial charge on any atom is 0.270 e. The van der Waals surface area contributed by atoms with E-state index >= 15 is 0 Å². The first-order valence-electron chi connectivity index (χ1n) is 12.8. The van der Waals surface area contributed by atoms with E-state index in [2.05, 4.69) is 20.8 Å². The number of hydrogen-bond acceptors (Lipinski definition) is 8. The smallest absolute Gasteiger partial charge is 0.270 e. The molecule has 2 aromatic carbocycles. The number of amides is 2. The van der Waals surface area contributed by atoms with Gasteiger partial charge < -0.3 is 10.1 Å². The molecule has 13 heteroatoms. The van der Waals surface area contributed by atoms with Crippen molar-refractivity contribution < 1.29 is 32.0 Å². The fourth-order valence-corrected chi connectivity index (χ4v) is 5.30. The minimum Gasteiger partial charge on any atom is -0.379 e. The van der Waals surface area contributed by atoms with Gasteiger partial charge in [0, 0.05) is 32.2 Å². The third-order valence-corrected chi connectivity index (χ3v) is 8.09. The lowest BCUT2D eigenvalue weighted by Crippen LogP contribution is -2.40. The molecule has 11 nitrogen and oxygen atoms in total. The average Bonchev–Trinajstić information content (AvgIpc) is 3.33. The molecule has 0 radical (unpaired) electrons. The highest BCUT2D eigenvalue weighted by atomic mass is 32.2. The monoisotopic (exact) mass is 573 g/mol. The van der Waals surface area contributed by atoms with Crippen molar-refractivity contribution >= 4 is 21.7 Å². The Bertz CT molecular complexity index is 1420. The maximum atomic E-state index is 13.2. The summed E-state index contributed by atoms with van der Waals surface area (Å²) in [5, 5.41) is 7.21. The largest absolute Gasteiger partial charge is 0.379 e. The summed E-state index contributed by atoms with van der Waals surface area (Å²) >= 11 is 0. The van der Waals surface area contributed by atoms with Gasteiger partial charge in [0.25, 0.3) is 11.8 Å². The lowest BCUT2D eigenvalue weighted by atomic mass is 10.1. The second-order valence-corrected chi connectivity index (χ2v) is 11.4. The molecule has 1 aliphatic rings. The number of carbonyl (C=O) groups is 2. The number of hydrogen-bond donors (Lipinski definition) is 2. The van der Waals surface area contributed by atoms with Crippen LogP contribution < -0.4 is 10.8 Å². The summed E-state index contributed by atoms with van der Waals surface area (Å²) in [6.45, 7) is 5.47. The Morgan fingerprint density at radius 3 is 2.45 bits per heavy atom. The van der Waals surface area contributed by atoms with Gasteiger partial charge in [-0.1, -0.05) is 12.1 Å². The lowest BCUT2D eigenvalue weighted by Gasteiger charge is -2.26. The quantitative estimate of drug-likeness (QED) is 0.263. The van der Waals surface area contributed by atoms with Crippen molar-refractivity contribution in [2.45, 2.75) is 17.9 Å². The Balaban J connectivity index is 1.29. The van der Waals surface area contributed by atoms with Gasteiger partial charge in [-0.3, -0.25) is 24.0 Å². The molecule has 3 aromatic rings. The molecule has 0 aliphatic carbocycles. The van der Waals surface area contributed by atoms with Crippen molar-refractivity contribution in [1.82, 2.24) is 25.5 Å². The molecule has 0 bridgehead atoms. The van der Waals surface area contributed by atoms with Crippen molar-refractivity contribution in [2.75, 3.05) is 45.2 Å². The summed E-state index contributed by atoms with van der Waals surface area (Å²) in [6, 6.07) is 12.9. The number of carbonyl (C=O) groups excluding carboxylic acids is 2. The van der Waals surface area contributed by atoms with Gasteiger partial charge in [0.05, 0.1) is 36.5 Å². The van der Waals surface area contributed by atoms with Gasteiger partial charge in [0.15, 0.2) is 9.84 Å². The van der Waals surface area contributed by atoms with Gasteiger partial charge >= 0.3 is 0 Å². The predicted molar refractivity (Wildman–Crippen MR) is 144 cm³/mol. The van der Waals surface area contributed by atoms with Gasteiger partial charge in [0.1, 0.15) is 17.3 Å². The number of nitrogens with one attached hydrogen (secondary N) is 2. The molecule has 0 saturated carbocycles. The van der Waals surface area contributed by atoms with Gasteiger partial charge in [-0.05, 0) is 55.0 Å². The topological polar surface area (TPSA) is 132 Å². The number of aryl methyl sites for hydroxylation is 1. The SMILES string of the molecule is CC(NC(=O)c1cc(-c2ccc(F)cc2)nn1C)c1ccc(S(=O)(=O)CC(=O)NOCCN2CCOCC2)cc1. The standard InChI is InChI=1S/C27H32FN5O6S/c1-19(29-27(35)25-17-24(30-32(25)2)21-3-7-22(28)8-4-21)20-5-9-23(10-6-20)40(36,37)18-26(34)31-39-16-13-33-11-14-38-15-12-33/h3-10,17,19H,11-16,18H2,1-2H3,(H,29,35)(H,31,34). The second kappa shape index (κ2) is 13.1. The first-order valence-corrected chi connectivity index (χ1v) is 14.4. The zero-order valence-electron chi connectivity index (χ0n) is 22.3. The second-order valence-electron chi connectivity index (χ2n) is 9.40. The molecule has 40 heavy (non-hydrogen) atoms. The molecule has 1 aliphatic heterocycles. The molecule has 1 unspecified atom stereocenters. The fourth-order valence-electron chi connectivity index (χ4n) is 4.18. The van der Waals surface area contributed by atoms with Crippen LogP contribution in [0.2, 0.25) is 0 Å². The van der Waals surface area contributed by atoms with Crippen molar-refractivity contribution in [1.29, 1.82) is 0 Å². The van der Waals surface area contributed by atoms with Crippen molar-refractivity contribution in [3.05, 3.63) is 71.7 Å². The molecule has 2 N–H and O–H groups in total. The van der Waals surface area contributed by atoms with E-state index < -0.39 is 27.5 Å². The van der Waals surface area contributed by atoms with Gasteiger partial charge in [-0.2, -0.15) is 5.10 Å². The average molecular weight is 574 g/mol. The molecule has 1 aromatic heterocycles. The number of benzene rings is 2. The number of rotatable bonds is 11. The molecule has 1 atom stereocenters. The molecule has 2 heterocycles. The molecular weight excluding hydrogens is 541 g/mol. The Hall–Kier alpha value is -3.65. The summed E-state index contributed by atoms with van der Waals surface area (Å²) in [4.78, 5) is 32.3. The number of sulfone groups is 1. The van der Waals surface area contributed by atoms with Crippen molar-refractivity contribution in [2.24, 2.45) is 7.05 Å². The highest BCUT2D eigenvalue weighted by Crippen LogP contribution is 2.21. The van der Waals surface area contributed by atoms with E-state index in [1.54, 1.807) is 44.3 Å². The molecule has 2 amide bonds. The summed E-state index contributed by atoms with van der Waals surface area (Å²) in [7, 11) is -2.26. The summed E-state index contributed by atoms with van der Waals surface area (Å²) in [5.41, 5.74) is 4.37. The van der Waals surface area contributed by atoms with Gasteiger partial charge in [-0.25, -0.2) is 18.3 Å². The van der Waals surface area contributed by atoms with Crippen LogP contribution in [0.3, 0.4) is 0 Å². The Morgan fingerprint density at radius 1 is 1.10 bits per heavy atom. The molecule has 4 rings (SSSR count). The minimum atomic E-state index is -3.90. The Kier molecular flexibility index (Phi) is 9.63. The number of aromatic nitrogens is 2. The zero-order valence-corrected chi connectivity index (χ0v) is 23.1. The summed E-state index contributed by atoms with van der Waals surface area (Å²) in [5.74, 6) is -2.26. The minimum absolute atomic E-state index is 0.0196. The Morgan fingerprint density at radius 2 is 1.77 bits per heavy atom. The van der Waals surface area contributed by atoms with Crippen molar-refractivity contribution in [3.8, 4) is 11.3 Å². The number of ether oxygens (including phenoxy) is 1. The van der Waals surface area contributed by atoms with Crippen LogP contribution in [0.4, 0.5) is 4.39 Å². The van der Waals surface area contributed by atoms with Gasteiger partial charge in [-0.15, -0.1) is 0 Å².